The van der Waals surface area contributed by atoms with Gasteiger partial charge in [0, 0.05) is 32.2 Å². The van der Waals surface area contributed by atoms with E-state index in [0.29, 0.717) is 23.9 Å². The van der Waals surface area contributed by atoms with E-state index < -0.39 is 0 Å². The number of ether oxygens (including phenoxy) is 1. The minimum Gasteiger partial charge on any atom is -0.373 e. The summed E-state index contributed by atoms with van der Waals surface area (Å²) >= 11 is 0. The van der Waals surface area contributed by atoms with Gasteiger partial charge in [0.2, 0.25) is 0 Å². The lowest BCUT2D eigenvalue weighted by Crippen LogP contribution is -2.50. The van der Waals surface area contributed by atoms with Crippen LogP contribution >= 0.6 is 0 Å². The molecule has 2 aliphatic heterocycles. The zero-order valence-corrected chi connectivity index (χ0v) is 13.3. The zero-order chi connectivity index (χ0) is 15.5. The van der Waals surface area contributed by atoms with Gasteiger partial charge >= 0.3 is 0 Å². The molecular weight excluding hydrogens is 278 g/mol. The van der Waals surface area contributed by atoms with Crippen molar-refractivity contribution in [3.63, 3.8) is 0 Å². The third-order valence-electron chi connectivity index (χ3n) is 4.40. The molecule has 6 nitrogen and oxygen atoms in total. The quantitative estimate of drug-likeness (QED) is 0.841. The topological polar surface area (TPSA) is 65.3 Å². The van der Waals surface area contributed by atoms with Gasteiger partial charge in [0.15, 0.2) is 11.5 Å². The van der Waals surface area contributed by atoms with E-state index in [0.717, 1.165) is 32.0 Å². The Morgan fingerprint density at radius 2 is 2.05 bits per heavy atom. The zero-order valence-electron chi connectivity index (χ0n) is 13.3. The SMILES string of the molecule is C[C@@H]1CN(C[C@H]2CCCN2c2ccc(C#N)nn2)C[C@@H](C)O1. The molecule has 0 N–H and O–H groups in total. The molecule has 0 radical (unpaired) electrons. The summed E-state index contributed by atoms with van der Waals surface area (Å²) in [5.41, 5.74) is 0.371. The largest absolute Gasteiger partial charge is 0.373 e. The third-order valence-corrected chi connectivity index (χ3v) is 4.40. The number of rotatable bonds is 3. The Labute approximate surface area is 131 Å². The molecule has 118 valence electrons. The number of aromatic nitrogens is 2. The Bertz CT molecular complexity index is 530. The van der Waals surface area contributed by atoms with E-state index in [1.54, 1.807) is 6.07 Å². The Kier molecular flexibility index (Phi) is 4.55. The highest BCUT2D eigenvalue weighted by atomic mass is 16.5. The number of nitrogens with zero attached hydrogens (tertiary/aromatic N) is 5. The van der Waals surface area contributed by atoms with Crippen molar-refractivity contribution >= 4 is 5.82 Å². The van der Waals surface area contributed by atoms with Crippen LogP contribution in [0.4, 0.5) is 5.82 Å². The molecule has 1 aromatic rings. The lowest BCUT2D eigenvalue weighted by atomic mass is 10.1. The second kappa shape index (κ2) is 6.59. The highest BCUT2D eigenvalue weighted by Gasteiger charge is 2.30. The number of anilines is 1. The summed E-state index contributed by atoms with van der Waals surface area (Å²) in [6.45, 7) is 8.32. The summed E-state index contributed by atoms with van der Waals surface area (Å²) in [6, 6.07) is 6.15. The fourth-order valence-corrected chi connectivity index (χ4v) is 3.60. The molecule has 0 amide bonds. The fraction of sp³-hybridized carbons (Fsp3) is 0.688. The molecule has 2 aliphatic rings. The second-order valence-electron chi connectivity index (χ2n) is 6.35. The standard InChI is InChI=1S/C16H23N5O/c1-12-9-20(10-13(2)22-12)11-15-4-3-7-21(15)16-6-5-14(8-17)18-19-16/h5-6,12-13,15H,3-4,7,9-11H2,1-2H3/t12-,13-,15-/m1/s1. The number of nitriles is 1. The first-order valence-corrected chi connectivity index (χ1v) is 8.04. The van der Waals surface area contributed by atoms with Gasteiger partial charge in [0.05, 0.1) is 12.2 Å². The second-order valence-corrected chi connectivity index (χ2v) is 6.35. The van der Waals surface area contributed by atoms with Gasteiger partial charge in [-0.1, -0.05) is 0 Å². The molecule has 0 spiro atoms. The van der Waals surface area contributed by atoms with E-state index in [4.69, 9.17) is 10.00 Å². The van der Waals surface area contributed by atoms with E-state index in [1.165, 1.54) is 12.8 Å². The molecule has 2 saturated heterocycles. The van der Waals surface area contributed by atoms with Gasteiger partial charge in [0.1, 0.15) is 6.07 Å². The normalized spacial score (nSPS) is 29.5. The van der Waals surface area contributed by atoms with Gasteiger partial charge in [-0.05, 0) is 38.8 Å². The highest BCUT2D eigenvalue weighted by Crippen LogP contribution is 2.25. The molecule has 3 heterocycles. The molecule has 3 atom stereocenters. The van der Waals surface area contributed by atoms with E-state index >= 15 is 0 Å². The van der Waals surface area contributed by atoms with Crippen molar-refractivity contribution in [3.8, 4) is 6.07 Å². The summed E-state index contributed by atoms with van der Waals surface area (Å²) in [5.74, 6) is 0.885. The van der Waals surface area contributed by atoms with Crippen LogP contribution in [0.1, 0.15) is 32.4 Å². The van der Waals surface area contributed by atoms with E-state index in [9.17, 15) is 0 Å². The molecule has 6 heteroatoms. The lowest BCUT2D eigenvalue weighted by Gasteiger charge is -2.38. The Balaban J connectivity index is 1.66. The predicted molar refractivity (Wildman–Crippen MR) is 83.6 cm³/mol. The van der Waals surface area contributed by atoms with Crippen LogP contribution in [0.25, 0.3) is 0 Å². The van der Waals surface area contributed by atoms with Crippen molar-refractivity contribution in [2.75, 3.05) is 31.1 Å². The maximum Gasteiger partial charge on any atom is 0.163 e. The first kappa shape index (κ1) is 15.2. The molecule has 0 bridgehead atoms. The van der Waals surface area contributed by atoms with Gasteiger partial charge in [-0.3, -0.25) is 4.90 Å². The van der Waals surface area contributed by atoms with Gasteiger partial charge in [-0.2, -0.15) is 5.26 Å². The molecule has 22 heavy (non-hydrogen) atoms. The maximum absolute atomic E-state index is 8.83. The van der Waals surface area contributed by atoms with Crippen LogP contribution in [0.15, 0.2) is 12.1 Å². The molecule has 2 fully saturated rings. The van der Waals surface area contributed by atoms with Crippen molar-refractivity contribution in [2.45, 2.75) is 44.9 Å². The monoisotopic (exact) mass is 301 g/mol. The molecule has 3 rings (SSSR count). The summed E-state index contributed by atoms with van der Waals surface area (Å²) in [7, 11) is 0. The van der Waals surface area contributed by atoms with Crippen LogP contribution in [-0.4, -0.2) is 59.5 Å². The van der Waals surface area contributed by atoms with Gasteiger partial charge in [-0.15, -0.1) is 10.2 Å². The van der Waals surface area contributed by atoms with Crippen molar-refractivity contribution in [3.05, 3.63) is 17.8 Å². The van der Waals surface area contributed by atoms with Crippen molar-refractivity contribution in [2.24, 2.45) is 0 Å². The predicted octanol–water partition coefficient (Wildman–Crippen LogP) is 1.43. The Morgan fingerprint density at radius 3 is 2.68 bits per heavy atom. The van der Waals surface area contributed by atoms with Crippen LogP contribution in [0.3, 0.4) is 0 Å². The molecule has 0 saturated carbocycles. The number of morpholine rings is 1. The number of hydrogen-bond donors (Lipinski definition) is 0. The van der Waals surface area contributed by atoms with Crippen molar-refractivity contribution in [1.29, 1.82) is 5.26 Å². The molecule has 0 unspecified atom stereocenters. The number of hydrogen-bond acceptors (Lipinski definition) is 6. The average molecular weight is 301 g/mol. The van der Waals surface area contributed by atoms with Crippen molar-refractivity contribution < 1.29 is 4.74 Å². The van der Waals surface area contributed by atoms with E-state index in [2.05, 4.69) is 33.8 Å². The van der Waals surface area contributed by atoms with Gasteiger partial charge in [-0.25, -0.2) is 0 Å². The first-order valence-electron chi connectivity index (χ1n) is 8.04. The Hall–Kier alpha value is -1.71. The summed E-state index contributed by atoms with van der Waals surface area (Å²) < 4.78 is 5.81. The molecule has 0 aromatic carbocycles. The van der Waals surface area contributed by atoms with Crippen LogP contribution < -0.4 is 4.90 Å². The highest BCUT2D eigenvalue weighted by molar-refractivity contribution is 5.41. The first-order chi connectivity index (χ1) is 10.7. The van der Waals surface area contributed by atoms with E-state index in [-0.39, 0.29) is 0 Å². The smallest absolute Gasteiger partial charge is 0.163 e. The van der Waals surface area contributed by atoms with E-state index in [1.807, 2.05) is 12.1 Å². The third kappa shape index (κ3) is 3.37. The molecular formula is C16H23N5O. The summed E-state index contributed by atoms with van der Waals surface area (Å²) in [5, 5.41) is 17.0. The maximum atomic E-state index is 8.83. The van der Waals surface area contributed by atoms with Crippen LogP contribution in [0.5, 0.6) is 0 Å². The Morgan fingerprint density at radius 1 is 1.27 bits per heavy atom. The molecule has 0 aliphatic carbocycles. The summed E-state index contributed by atoms with van der Waals surface area (Å²) in [4.78, 5) is 4.83. The van der Waals surface area contributed by atoms with Crippen molar-refractivity contribution in [1.82, 2.24) is 15.1 Å². The fourth-order valence-electron chi connectivity index (χ4n) is 3.60. The minimum atomic E-state index is 0.299. The van der Waals surface area contributed by atoms with Gasteiger partial charge in [0.25, 0.3) is 0 Å². The lowest BCUT2D eigenvalue weighted by molar-refractivity contribution is -0.0689. The molecule has 1 aromatic heterocycles. The van der Waals surface area contributed by atoms with Crippen LogP contribution in [0, 0.1) is 11.3 Å². The average Bonchev–Trinajstić information content (AvgIpc) is 2.94. The van der Waals surface area contributed by atoms with Gasteiger partial charge < -0.3 is 9.64 Å². The van der Waals surface area contributed by atoms with Crippen LogP contribution in [-0.2, 0) is 4.74 Å². The minimum absolute atomic E-state index is 0.299. The van der Waals surface area contributed by atoms with Crippen LogP contribution in [0.2, 0.25) is 0 Å². The summed E-state index contributed by atoms with van der Waals surface area (Å²) in [6.07, 6.45) is 2.96.